The van der Waals surface area contributed by atoms with Crippen LogP contribution in [-0.4, -0.2) is 11.5 Å². The molecule has 0 amide bonds. The van der Waals surface area contributed by atoms with E-state index in [1.54, 1.807) is 11.3 Å². The molecule has 0 saturated carbocycles. The lowest BCUT2D eigenvalue weighted by Crippen LogP contribution is -2.26. The van der Waals surface area contributed by atoms with Crippen molar-refractivity contribution < 1.29 is 0 Å². The Balaban J connectivity index is 2.62. The molecule has 0 radical (unpaired) electrons. The summed E-state index contributed by atoms with van der Waals surface area (Å²) >= 11 is 1.75. The van der Waals surface area contributed by atoms with Gasteiger partial charge in [0.05, 0.1) is 6.04 Å². The van der Waals surface area contributed by atoms with E-state index in [-0.39, 0.29) is 0 Å². The molecule has 0 aromatic carbocycles. The Hall–Kier alpha value is -0.410. The Kier molecular flexibility index (Phi) is 4.74. The Morgan fingerprint density at radius 3 is 2.67 bits per heavy atom. The number of nitrogens with one attached hydrogen (secondary N) is 1. The third-order valence-corrected chi connectivity index (χ3v) is 3.10. The zero-order chi connectivity index (χ0) is 11.3. The molecule has 0 aliphatic carbocycles. The molecule has 1 unspecified atom stereocenters. The van der Waals surface area contributed by atoms with E-state index >= 15 is 0 Å². The Bertz CT molecular complexity index is 262. The lowest BCUT2D eigenvalue weighted by atomic mass is 9.88. The van der Waals surface area contributed by atoms with Crippen LogP contribution in [0.2, 0.25) is 0 Å². The van der Waals surface area contributed by atoms with Crippen molar-refractivity contribution in [3.63, 3.8) is 0 Å². The average Bonchev–Trinajstić information content (AvgIpc) is 2.63. The largest absolute Gasteiger partial charge is 0.308 e. The zero-order valence-corrected chi connectivity index (χ0v) is 11.0. The molecule has 1 aromatic rings. The molecule has 0 aliphatic heterocycles. The van der Waals surface area contributed by atoms with Crippen molar-refractivity contribution in [1.29, 1.82) is 0 Å². The first-order valence-electron chi connectivity index (χ1n) is 5.65. The highest BCUT2D eigenvalue weighted by molar-refractivity contribution is 7.09. The average molecular weight is 226 g/mol. The first kappa shape index (κ1) is 12.7. The molecule has 15 heavy (non-hydrogen) atoms. The maximum atomic E-state index is 4.41. The number of aromatic nitrogens is 1. The van der Waals surface area contributed by atoms with Crippen molar-refractivity contribution in [3.8, 4) is 0 Å². The summed E-state index contributed by atoms with van der Waals surface area (Å²) in [7, 11) is 0. The van der Waals surface area contributed by atoms with Gasteiger partial charge in [-0.25, -0.2) is 4.98 Å². The third kappa shape index (κ3) is 4.76. The van der Waals surface area contributed by atoms with Crippen molar-refractivity contribution in [2.24, 2.45) is 5.41 Å². The van der Waals surface area contributed by atoms with Crippen LogP contribution in [0.5, 0.6) is 0 Å². The fourth-order valence-corrected chi connectivity index (χ4v) is 2.30. The van der Waals surface area contributed by atoms with E-state index in [0.29, 0.717) is 11.5 Å². The smallest absolute Gasteiger partial charge is 0.109 e. The van der Waals surface area contributed by atoms with Gasteiger partial charge in [-0.2, -0.15) is 0 Å². The third-order valence-electron chi connectivity index (χ3n) is 2.21. The van der Waals surface area contributed by atoms with E-state index in [4.69, 9.17) is 0 Å². The van der Waals surface area contributed by atoms with Gasteiger partial charge in [0.15, 0.2) is 0 Å². The van der Waals surface area contributed by atoms with Gasteiger partial charge < -0.3 is 5.32 Å². The second-order valence-electron chi connectivity index (χ2n) is 5.14. The molecule has 1 atom stereocenters. The molecule has 0 fully saturated rings. The molecule has 0 saturated heterocycles. The topological polar surface area (TPSA) is 24.9 Å². The van der Waals surface area contributed by atoms with E-state index in [9.17, 15) is 0 Å². The summed E-state index contributed by atoms with van der Waals surface area (Å²) in [5.41, 5.74) is 0.344. The van der Waals surface area contributed by atoms with E-state index in [1.807, 2.05) is 6.20 Å². The second-order valence-corrected chi connectivity index (χ2v) is 6.07. The molecule has 1 rings (SSSR count). The first-order valence-corrected chi connectivity index (χ1v) is 6.53. The van der Waals surface area contributed by atoms with Crippen LogP contribution in [0.1, 0.15) is 51.6 Å². The molecule has 1 N–H and O–H groups in total. The summed E-state index contributed by atoms with van der Waals surface area (Å²) in [6.45, 7) is 10.1. The molecule has 0 aliphatic rings. The van der Waals surface area contributed by atoms with Gasteiger partial charge in [-0.3, -0.25) is 0 Å². The van der Waals surface area contributed by atoms with Gasteiger partial charge in [0, 0.05) is 11.6 Å². The minimum atomic E-state index is 0.344. The van der Waals surface area contributed by atoms with Gasteiger partial charge in [-0.1, -0.05) is 27.7 Å². The summed E-state index contributed by atoms with van der Waals surface area (Å²) in [5, 5.41) is 6.85. The van der Waals surface area contributed by atoms with Crippen LogP contribution in [-0.2, 0) is 0 Å². The van der Waals surface area contributed by atoms with Crippen LogP contribution >= 0.6 is 11.3 Å². The van der Waals surface area contributed by atoms with Crippen molar-refractivity contribution in [2.75, 3.05) is 6.54 Å². The summed E-state index contributed by atoms with van der Waals surface area (Å²) in [6, 6.07) is 0.421. The lowest BCUT2D eigenvalue weighted by molar-refractivity contribution is 0.311. The Morgan fingerprint density at radius 2 is 2.20 bits per heavy atom. The van der Waals surface area contributed by atoms with Gasteiger partial charge in [-0.05, 0) is 24.8 Å². The van der Waals surface area contributed by atoms with Crippen LogP contribution in [0.25, 0.3) is 0 Å². The van der Waals surface area contributed by atoms with Crippen LogP contribution in [0.15, 0.2) is 11.6 Å². The molecule has 2 nitrogen and oxygen atoms in total. The number of rotatable bonds is 5. The lowest BCUT2D eigenvalue weighted by Gasteiger charge is -2.25. The standard InChI is InChI=1S/C12H22N2S/c1-5-6-13-10(9-12(2,3)4)11-14-7-8-15-11/h7-8,10,13H,5-6,9H2,1-4H3. The fraction of sp³-hybridized carbons (Fsp3) is 0.750. The summed E-state index contributed by atoms with van der Waals surface area (Å²) in [4.78, 5) is 4.41. The summed E-state index contributed by atoms with van der Waals surface area (Å²) in [6.07, 6.45) is 4.20. The highest BCUT2D eigenvalue weighted by atomic mass is 32.1. The van der Waals surface area contributed by atoms with Crippen LogP contribution in [0.4, 0.5) is 0 Å². The van der Waals surface area contributed by atoms with Gasteiger partial charge in [0.2, 0.25) is 0 Å². The highest BCUT2D eigenvalue weighted by Crippen LogP contribution is 2.30. The highest BCUT2D eigenvalue weighted by Gasteiger charge is 2.21. The van der Waals surface area contributed by atoms with Gasteiger partial charge in [0.25, 0.3) is 0 Å². The molecule has 0 bridgehead atoms. The summed E-state index contributed by atoms with van der Waals surface area (Å²) in [5.74, 6) is 0. The van der Waals surface area contributed by atoms with Crippen molar-refractivity contribution >= 4 is 11.3 Å². The van der Waals surface area contributed by atoms with Gasteiger partial charge in [0.1, 0.15) is 5.01 Å². The number of nitrogens with zero attached hydrogens (tertiary/aromatic N) is 1. The zero-order valence-electron chi connectivity index (χ0n) is 10.2. The SMILES string of the molecule is CCCNC(CC(C)(C)C)c1nccs1. The quantitative estimate of drug-likeness (QED) is 0.829. The molecule has 0 spiro atoms. The van der Waals surface area contributed by atoms with E-state index < -0.39 is 0 Å². The van der Waals surface area contributed by atoms with Crippen LogP contribution in [0.3, 0.4) is 0 Å². The monoisotopic (exact) mass is 226 g/mol. The normalized spacial score (nSPS) is 14.1. The second kappa shape index (κ2) is 5.61. The molecular formula is C12H22N2S. The molecule has 1 aromatic heterocycles. The summed E-state index contributed by atoms with van der Waals surface area (Å²) < 4.78 is 0. The predicted molar refractivity (Wildman–Crippen MR) is 67.2 cm³/mol. The maximum Gasteiger partial charge on any atom is 0.109 e. The first-order chi connectivity index (χ1) is 7.03. The Labute approximate surface area is 97.1 Å². The molecule has 3 heteroatoms. The maximum absolute atomic E-state index is 4.41. The van der Waals surface area contributed by atoms with E-state index in [2.05, 4.69) is 43.4 Å². The number of hydrogen-bond donors (Lipinski definition) is 1. The minimum Gasteiger partial charge on any atom is -0.308 e. The fourth-order valence-electron chi connectivity index (χ4n) is 1.58. The van der Waals surface area contributed by atoms with E-state index in [1.165, 1.54) is 11.4 Å². The van der Waals surface area contributed by atoms with Gasteiger partial charge >= 0.3 is 0 Å². The number of thiazole rings is 1. The number of hydrogen-bond acceptors (Lipinski definition) is 3. The van der Waals surface area contributed by atoms with Gasteiger partial charge in [-0.15, -0.1) is 11.3 Å². The molecule has 1 heterocycles. The minimum absolute atomic E-state index is 0.344. The van der Waals surface area contributed by atoms with Crippen molar-refractivity contribution in [1.82, 2.24) is 10.3 Å². The van der Waals surface area contributed by atoms with Crippen molar-refractivity contribution in [3.05, 3.63) is 16.6 Å². The van der Waals surface area contributed by atoms with Crippen LogP contribution in [0, 0.1) is 5.41 Å². The Morgan fingerprint density at radius 1 is 1.47 bits per heavy atom. The molecular weight excluding hydrogens is 204 g/mol. The van der Waals surface area contributed by atoms with Crippen LogP contribution < -0.4 is 5.32 Å². The van der Waals surface area contributed by atoms with E-state index in [0.717, 1.165) is 13.0 Å². The predicted octanol–water partition coefficient (Wildman–Crippen LogP) is 3.62. The molecule has 86 valence electrons. The van der Waals surface area contributed by atoms with Crippen molar-refractivity contribution in [2.45, 2.75) is 46.6 Å².